The molecule has 0 bridgehead atoms. The molecule has 202 valence electrons. The summed E-state index contributed by atoms with van der Waals surface area (Å²) in [5, 5.41) is 26.2. The predicted octanol–water partition coefficient (Wildman–Crippen LogP) is 3.57. The molecule has 0 radical (unpaired) electrons. The number of anilines is 2. The van der Waals surface area contributed by atoms with Crippen LogP contribution in [0.25, 0.3) is 16.9 Å². The Morgan fingerprint density at radius 2 is 2.13 bits per heavy atom. The van der Waals surface area contributed by atoms with Gasteiger partial charge in [0.05, 0.1) is 34.9 Å². The summed E-state index contributed by atoms with van der Waals surface area (Å²) in [6.07, 6.45) is 4.51. The number of hydrogen-bond acceptors (Lipinski definition) is 7. The van der Waals surface area contributed by atoms with Gasteiger partial charge in [0.1, 0.15) is 17.3 Å². The van der Waals surface area contributed by atoms with Gasteiger partial charge in [0.2, 0.25) is 0 Å². The number of fused-ring (bicyclic) bond motifs is 2. The Bertz CT molecular complexity index is 1550. The molecule has 1 fully saturated rings. The van der Waals surface area contributed by atoms with Crippen molar-refractivity contribution in [3.63, 3.8) is 0 Å². The molecular weight excluding hydrogens is 499 g/mol. The number of aliphatic hydroxyl groups is 2. The molecule has 4 N–H and O–H groups in total. The molecule has 2 aliphatic heterocycles. The summed E-state index contributed by atoms with van der Waals surface area (Å²) < 4.78 is 15.5. The SMILES string of the molecule is CC[C@H](CO)c1ccc(Nc2ccc(-c3cnc4cc(F)ccn34)c3c2C(=O)NC3)nc1CN1CC[C@H](O)C1. The van der Waals surface area contributed by atoms with E-state index in [4.69, 9.17) is 4.98 Å². The van der Waals surface area contributed by atoms with E-state index in [1.54, 1.807) is 12.4 Å². The summed E-state index contributed by atoms with van der Waals surface area (Å²) in [5.41, 5.74) is 5.98. The molecular formula is C29H31FN6O3. The van der Waals surface area contributed by atoms with Crippen LogP contribution in [0.4, 0.5) is 15.9 Å². The highest BCUT2D eigenvalue weighted by Gasteiger charge is 2.28. The number of β-amino-alcohol motifs (C(OH)–C–C–N with tert-alkyl or cyclic N) is 1. The fourth-order valence-electron chi connectivity index (χ4n) is 5.68. The molecule has 0 saturated carbocycles. The first-order valence-corrected chi connectivity index (χ1v) is 13.3. The Kier molecular flexibility index (Phi) is 6.76. The maximum absolute atomic E-state index is 13.7. The van der Waals surface area contributed by atoms with Crippen molar-refractivity contribution in [2.75, 3.05) is 25.0 Å². The Hall–Kier alpha value is -3.86. The Morgan fingerprint density at radius 1 is 1.26 bits per heavy atom. The molecule has 2 aliphatic rings. The summed E-state index contributed by atoms with van der Waals surface area (Å²) in [6.45, 7) is 4.41. The van der Waals surface area contributed by atoms with Crippen LogP contribution < -0.4 is 10.6 Å². The van der Waals surface area contributed by atoms with Crippen molar-refractivity contribution in [2.45, 2.75) is 44.9 Å². The second-order valence-corrected chi connectivity index (χ2v) is 10.2. The Labute approximate surface area is 225 Å². The molecule has 39 heavy (non-hydrogen) atoms. The molecule has 10 heteroatoms. The molecule has 3 aromatic heterocycles. The highest BCUT2D eigenvalue weighted by atomic mass is 19.1. The van der Waals surface area contributed by atoms with Gasteiger partial charge in [-0.3, -0.25) is 14.1 Å². The van der Waals surface area contributed by atoms with E-state index in [0.717, 1.165) is 47.5 Å². The lowest BCUT2D eigenvalue weighted by atomic mass is 9.95. The van der Waals surface area contributed by atoms with Crippen molar-refractivity contribution in [3.05, 3.63) is 77.0 Å². The zero-order chi connectivity index (χ0) is 27.1. The molecule has 2 atom stereocenters. The van der Waals surface area contributed by atoms with Crippen molar-refractivity contribution < 1.29 is 19.4 Å². The Balaban J connectivity index is 1.36. The lowest BCUT2D eigenvalue weighted by Crippen LogP contribution is -2.24. The number of nitrogens with one attached hydrogen (secondary N) is 2. The van der Waals surface area contributed by atoms with Gasteiger partial charge in [-0.25, -0.2) is 14.4 Å². The highest BCUT2D eigenvalue weighted by Crippen LogP contribution is 2.36. The van der Waals surface area contributed by atoms with Crippen LogP contribution in [0.3, 0.4) is 0 Å². The van der Waals surface area contributed by atoms with Gasteiger partial charge in [-0.1, -0.05) is 19.1 Å². The standard InChI is InChI=1S/C29H31FN6O3/c1-2-17(16-37)20-4-6-26(34-24(20)15-35-9-8-19(38)14-35)33-23-5-3-21(22-12-32-29(39)28(22)23)25-13-31-27-11-18(30)7-10-36(25)27/h3-7,10-11,13,17,19,37-38H,2,8-9,12,14-16H2,1H3,(H,32,39)(H,33,34)/t17-,19+/m1/s1. The monoisotopic (exact) mass is 530 g/mol. The number of hydrogen-bond donors (Lipinski definition) is 4. The van der Waals surface area contributed by atoms with Crippen LogP contribution in [0.5, 0.6) is 0 Å². The van der Waals surface area contributed by atoms with E-state index in [2.05, 4.69) is 20.5 Å². The fourth-order valence-corrected chi connectivity index (χ4v) is 5.68. The minimum atomic E-state index is -0.357. The molecule has 1 saturated heterocycles. The summed E-state index contributed by atoms with van der Waals surface area (Å²) >= 11 is 0. The maximum Gasteiger partial charge on any atom is 0.254 e. The first-order valence-electron chi connectivity index (χ1n) is 13.3. The summed E-state index contributed by atoms with van der Waals surface area (Å²) in [4.78, 5) is 24.4. The number of pyridine rings is 2. The van der Waals surface area contributed by atoms with Crippen LogP contribution in [0.15, 0.2) is 48.8 Å². The van der Waals surface area contributed by atoms with Gasteiger partial charge in [-0.05, 0) is 42.2 Å². The number of benzene rings is 1. The molecule has 0 unspecified atom stereocenters. The van der Waals surface area contributed by atoms with Gasteiger partial charge in [0.15, 0.2) is 0 Å². The number of aliphatic hydroxyl groups excluding tert-OH is 2. The zero-order valence-corrected chi connectivity index (χ0v) is 21.7. The maximum atomic E-state index is 13.7. The summed E-state index contributed by atoms with van der Waals surface area (Å²) in [7, 11) is 0. The second-order valence-electron chi connectivity index (χ2n) is 10.2. The number of amides is 1. The second kappa shape index (κ2) is 10.4. The van der Waals surface area contributed by atoms with Gasteiger partial charge >= 0.3 is 0 Å². The Morgan fingerprint density at radius 3 is 2.90 bits per heavy atom. The van der Waals surface area contributed by atoms with E-state index >= 15 is 0 Å². The lowest BCUT2D eigenvalue weighted by Gasteiger charge is -2.22. The van der Waals surface area contributed by atoms with Crippen molar-refractivity contribution in [2.24, 2.45) is 0 Å². The minimum Gasteiger partial charge on any atom is -0.396 e. The molecule has 6 rings (SSSR count). The number of imidazole rings is 1. The largest absolute Gasteiger partial charge is 0.396 e. The molecule has 4 aromatic rings. The van der Waals surface area contributed by atoms with E-state index < -0.39 is 0 Å². The summed E-state index contributed by atoms with van der Waals surface area (Å²) in [5.74, 6) is 0.0382. The van der Waals surface area contributed by atoms with Crippen molar-refractivity contribution in [3.8, 4) is 11.3 Å². The van der Waals surface area contributed by atoms with E-state index in [1.807, 2.05) is 35.6 Å². The number of carbonyl (C=O) groups is 1. The van der Waals surface area contributed by atoms with Crippen LogP contribution in [-0.4, -0.2) is 61.2 Å². The van der Waals surface area contributed by atoms with Crippen LogP contribution >= 0.6 is 0 Å². The molecule has 1 amide bonds. The minimum absolute atomic E-state index is 0.0256. The smallest absolute Gasteiger partial charge is 0.254 e. The van der Waals surface area contributed by atoms with Gasteiger partial charge in [0, 0.05) is 56.5 Å². The third kappa shape index (κ3) is 4.75. The number of halogens is 1. The van der Waals surface area contributed by atoms with Crippen LogP contribution in [0.2, 0.25) is 0 Å². The molecule has 1 aromatic carbocycles. The number of nitrogens with zero attached hydrogens (tertiary/aromatic N) is 4. The number of carbonyl (C=O) groups excluding carboxylic acids is 1. The first-order chi connectivity index (χ1) is 18.9. The van der Waals surface area contributed by atoms with Crippen LogP contribution in [-0.2, 0) is 13.1 Å². The van der Waals surface area contributed by atoms with E-state index in [-0.39, 0.29) is 30.4 Å². The zero-order valence-electron chi connectivity index (χ0n) is 21.7. The van der Waals surface area contributed by atoms with Crippen LogP contribution in [0, 0.1) is 5.82 Å². The average Bonchev–Trinajstić information content (AvgIpc) is 3.65. The third-order valence-corrected chi connectivity index (χ3v) is 7.76. The van der Waals surface area contributed by atoms with Gasteiger partial charge in [-0.15, -0.1) is 0 Å². The molecule has 5 heterocycles. The number of rotatable bonds is 8. The van der Waals surface area contributed by atoms with Gasteiger partial charge < -0.3 is 20.8 Å². The van der Waals surface area contributed by atoms with Crippen molar-refractivity contribution >= 4 is 23.1 Å². The fraction of sp³-hybridized carbons (Fsp3) is 0.345. The first kappa shape index (κ1) is 25.4. The topological polar surface area (TPSA) is 115 Å². The average molecular weight is 531 g/mol. The van der Waals surface area contributed by atoms with E-state index in [1.165, 1.54) is 12.1 Å². The van der Waals surface area contributed by atoms with Crippen molar-refractivity contribution in [1.82, 2.24) is 24.6 Å². The number of likely N-dealkylation sites (tertiary alicyclic amines) is 1. The third-order valence-electron chi connectivity index (χ3n) is 7.76. The molecule has 9 nitrogen and oxygen atoms in total. The van der Waals surface area contributed by atoms with E-state index in [0.29, 0.717) is 42.4 Å². The quantitative estimate of drug-likeness (QED) is 0.275. The normalized spacial score (nSPS) is 17.9. The molecule has 0 aliphatic carbocycles. The van der Waals surface area contributed by atoms with Gasteiger partial charge in [0.25, 0.3) is 5.91 Å². The summed E-state index contributed by atoms with van der Waals surface area (Å²) in [6, 6.07) is 10.4. The molecule has 0 spiro atoms. The highest BCUT2D eigenvalue weighted by molar-refractivity contribution is 6.06. The predicted molar refractivity (Wildman–Crippen MR) is 145 cm³/mol. The lowest BCUT2D eigenvalue weighted by molar-refractivity contribution is 0.0966. The van der Waals surface area contributed by atoms with E-state index in [9.17, 15) is 19.4 Å². The number of aromatic nitrogens is 3. The van der Waals surface area contributed by atoms with Gasteiger partial charge in [-0.2, -0.15) is 0 Å². The van der Waals surface area contributed by atoms with Crippen molar-refractivity contribution in [1.29, 1.82) is 0 Å². The van der Waals surface area contributed by atoms with Crippen LogP contribution in [0.1, 0.15) is 52.9 Å².